The lowest BCUT2D eigenvalue weighted by Crippen LogP contribution is -2.48. The van der Waals surface area contributed by atoms with Gasteiger partial charge in [-0.25, -0.2) is 0 Å². The van der Waals surface area contributed by atoms with Gasteiger partial charge in [-0.05, 0) is 5.53 Å². The lowest BCUT2D eigenvalue weighted by atomic mass is 9.99. The molecule has 92 valence electrons. The number of carbonyl (C=O) groups is 1. The average molecular weight is 235 g/mol. The maximum atomic E-state index is 10.8. The molecule has 0 saturated carbocycles. The molecule has 0 aromatic heterocycles. The van der Waals surface area contributed by atoms with Crippen molar-refractivity contribution in [2.45, 2.75) is 24.4 Å². The Labute approximate surface area is 90.2 Å². The highest BCUT2D eigenvalue weighted by molar-refractivity contribution is 5.84. The molecule has 0 spiro atoms. The number of azide groups is 1. The van der Waals surface area contributed by atoms with E-state index >= 15 is 0 Å². The lowest BCUT2D eigenvalue weighted by molar-refractivity contribution is -0.142. The minimum absolute atomic E-state index is 0.762. The Hall–Kier alpha value is -1.22. The molecule has 0 radical (unpaired) electrons. The molecule has 4 atom stereocenters. The van der Waals surface area contributed by atoms with Gasteiger partial charge in [-0.1, -0.05) is 5.11 Å². The summed E-state index contributed by atoms with van der Waals surface area (Å²) in [6.07, 6.45) is -5.78. The Kier molecular flexibility index (Phi) is 6.58. The van der Waals surface area contributed by atoms with Crippen LogP contribution < -0.4 is 0 Å². The smallest absolute Gasteiger partial charge is 0.189 e. The van der Waals surface area contributed by atoms with Gasteiger partial charge in [0, 0.05) is 4.91 Å². The van der Waals surface area contributed by atoms with E-state index in [2.05, 4.69) is 10.0 Å². The Morgan fingerprint density at radius 1 is 1.25 bits per heavy atom. The van der Waals surface area contributed by atoms with Gasteiger partial charge < -0.3 is 25.5 Å². The fourth-order valence-corrected chi connectivity index (χ4v) is 0.978. The molecule has 5 N–H and O–H groups in total. The van der Waals surface area contributed by atoms with Crippen molar-refractivity contribution in [1.82, 2.24) is 0 Å². The zero-order valence-electron chi connectivity index (χ0n) is 8.21. The fraction of sp³-hybridized carbons (Fsp3) is 0.857. The van der Waals surface area contributed by atoms with Crippen molar-refractivity contribution < 1.29 is 30.3 Å². The van der Waals surface area contributed by atoms with E-state index in [4.69, 9.17) is 20.9 Å². The first-order valence-corrected chi connectivity index (χ1v) is 4.32. The van der Waals surface area contributed by atoms with Crippen LogP contribution in [-0.4, -0.2) is 68.9 Å². The van der Waals surface area contributed by atoms with E-state index in [1.165, 1.54) is 0 Å². The second-order valence-electron chi connectivity index (χ2n) is 3.01. The zero-order chi connectivity index (χ0) is 12.7. The average Bonchev–Trinajstić information content (AvgIpc) is 2.32. The Balaban J connectivity index is 4.63. The fourth-order valence-electron chi connectivity index (χ4n) is 0.978. The monoisotopic (exact) mass is 235 g/mol. The molecule has 16 heavy (non-hydrogen) atoms. The Morgan fingerprint density at radius 3 is 2.19 bits per heavy atom. The second-order valence-corrected chi connectivity index (χ2v) is 3.01. The minimum atomic E-state index is -2.01. The third-order valence-corrected chi connectivity index (χ3v) is 1.94. The Bertz CT molecular complexity index is 279. The summed E-state index contributed by atoms with van der Waals surface area (Å²) in [6.45, 7) is -1.77. The standard InChI is InChI=1S/C7H13N3O6/c8-10-9-3(1-11)5(14)7(16)6(15)4(13)2-12/h3,5-7,11-12,14-16H,1-2H2/t3-,5-,6-,7-/m1/s1. The van der Waals surface area contributed by atoms with Crippen molar-refractivity contribution in [3.8, 4) is 0 Å². The molecule has 0 bridgehead atoms. The van der Waals surface area contributed by atoms with Crippen molar-refractivity contribution in [3.05, 3.63) is 10.4 Å². The van der Waals surface area contributed by atoms with E-state index in [1.54, 1.807) is 0 Å². The first kappa shape index (κ1) is 14.8. The maximum absolute atomic E-state index is 10.8. The molecule has 9 heteroatoms. The van der Waals surface area contributed by atoms with Gasteiger partial charge in [0.1, 0.15) is 18.8 Å². The quantitative estimate of drug-likeness (QED) is 0.183. The minimum Gasteiger partial charge on any atom is -0.396 e. The van der Waals surface area contributed by atoms with Gasteiger partial charge in [0.25, 0.3) is 0 Å². The van der Waals surface area contributed by atoms with Crippen molar-refractivity contribution >= 4 is 5.78 Å². The van der Waals surface area contributed by atoms with Crippen LogP contribution >= 0.6 is 0 Å². The molecule has 0 aliphatic carbocycles. The summed E-state index contributed by atoms with van der Waals surface area (Å²) in [5.41, 5.74) is 8.08. The summed E-state index contributed by atoms with van der Waals surface area (Å²) in [6, 6.07) is -1.39. The molecule has 0 amide bonds. The molecule has 0 heterocycles. The SMILES string of the molecule is [N-]=[N+]=N[C@H](CO)[C@@H](O)[C@@H](O)[C@H](O)C(=O)CO. The van der Waals surface area contributed by atoms with Crippen LogP contribution in [0.5, 0.6) is 0 Å². The molecule has 0 fully saturated rings. The number of aliphatic hydroxyl groups excluding tert-OH is 5. The van der Waals surface area contributed by atoms with Crippen molar-refractivity contribution in [1.29, 1.82) is 0 Å². The molecular formula is C7H13N3O6. The number of aliphatic hydroxyl groups is 5. The zero-order valence-corrected chi connectivity index (χ0v) is 8.21. The van der Waals surface area contributed by atoms with E-state index in [-0.39, 0.29) is 0 Å². The molecule has 0 saturated heterocycles. The summed E-state index contributed by atoms with van der Waals surface area (Å²) in [5.74, 6) is -1.09. The highest BCUT2D eigenvalue weighted by Gasteiger charge is 2.33. The number of nitrogens with zero attached hydrogens (tertiary/aromatic N) is 3. The Morgan fingerprint density at radius 2 is 1.81 bits per heavy atom. The molecule has 0 aromatic rings. The van der Waals surface area contributed by atoms with Gasteiger partial charge in [-0.3, -0.25) is 4.79 Å². The van der Waals surface area contributed by atoms with Crippen LogP contribution in [-0.2, 0) is 4.79 Å². The number of rotatable bonds is 7. The molecule has 0 aliphatic heterocycles. The lowest BCUT2D eigenvalue weighted by Gasteiger charge is -2.24. The van der Waals surface area contributed by atoms with Crippen molar-refractivity contribution in [3.63, 3.8) is 0 Å². The van der Waals surface area contributed by atoms with E-state index in [1.807, 2.05) is 0 Å². The van der Waals surface area contributed by atoms with Crippen LogP contribution in [0.25, 0.3) is 10.4 Å². The molecule has 0 aliphatic rings. The van der Waals surface area contributed by atoms with E-state index < -0.39 is 43.4 Å². The number of ketones is 1. The summed E-state index contributed by atoms with van der Waals surface area (Å²) in [5, 5.41) is 47.8. The third-order valence-electron chi connectivity index (χ3n) is 1.94. The summed E-state index contributed by atoms with van der Waals surface area (Å²) >= 11 is 0. The largest absolute Gasteiger partial charge is 0.396 e. The predicted octanol–water partition coefficient (Wildman–Crippen LogP) is -2.70. The highest BCUT2D eigenvalue weighted by Crippen LogP contribution is 2.09. The van der Waals surface area contributed by atoms with Crippen LogP contribution in [0.3, 0.4) is 0 Å². The predicted molar refractivity (Wildman–Crippen MR) is 50.1 cm³/mol. The normalized spacial score (nSPS) is 18.1. The molecule has 0 rings (SSSR count). The van der Waals surface area contributed by atoms with Gasteiger partial charge in [0.2, 0.25) is 0 Å². The first-order valence-electron chi connectivity index (χ1n) is 4.32. The third kappa shape index (κ3) is 3.74. The van der Waals surface area contributed by atoms with Crippen molar-refractivity contribution in [2.24, 2.45) is 5.11 Å². The van der Waals surface area contributed by atoms with Gasteiger partial charge in [-0.2, -0.15) is 0 Å². The molecule has 0 unspecified atom stereocenters. The number of carbonyl (C=O) groups excluding carboxylic acids is 1. The maximum Gasteiger partial charge on any atom is 0.189 e. The summed E-state index contributed by atoms with van der Waals surface area (Å²) in [7, 11) is 0. The van der Waals surface area contributed by atoms with Crippen molar-refractivity contribution in [2.75, 3.05) is 13.2 Å². The molecule has 0 aromatic carbocycles. The van der Waals surface area contributed by atoms with Crippen LogP contribution in [0.1, 0.15) is 0 Å². The van der Waals surface area contributed by atoms with Gasteiger partial charge >= 0.3 is 0 Å². The number of hydrogen-bond acceptors (Lipinski definition) is 7. The topological polar surface area (TPSA) is 167 Å². The summed E-state index contributed by atoms with van der Waals surface area (Å²) in [4.78, 5) is 13.1. The van der Waals surface area contributed by atoms with Crippen LogP contribution in [0.2, 0.25) is 0 Å². The van der Waals surface area contributed by atoms with Crippen LogP contribution in [0.15, 0.2) is 5.11 Å². The van der Waals surface area contributed by atoms with Gasteiger partial charge in [-0.15, -0.1) is 0 Å². The van der Waals surface area contributed by atoms with Crippen LogP contribution in [0.4, 0.5) is 0 Å². The number of Topliss-reactive ketones (excluding diaryl/α,β-unsaturated/α-hetero) is 1. The van der Waals surface area contributed by atoms with E-state index in [0.717, 1.165) is 0 Å². The van der Waals surface area contributed by atoms with Gasteiger partial charge in [0.05, 0.1) is 18.8 Å². The molecular weight excluding hydrogens is 222 g/mol. The highest BCUT2D eigenvalue weighted by atomic mass is 16.4. The second kappa shape index (κ2) is 7.12. The van der Waals surface area contributed by atoms with E-state index in [0.29, 0.717) is 0 Å². The van der Waals surface area contributed by atoms with E-state index in [9.17, 15) is 15.0 Å². The van der Waals surface area contributed by atoms with Gasteiger partial charge in [0.15, 0.2) is 5.78 Å². The van der Waals surface area contributed by atoms with Crippen LogP contribution in [0, 0.1) is 0 Å². The summed E-state index contributed by atoms with van der Waals surface area (Å²) < 4.78 is 0. The first-order chi connectivity index (χ1) is 7.49. The molecule has 9 nitrogen and oxygen atoms in total. The number of hydrogen-bond donors (Lipinski definition) is 5.